The van der Waals surface area contributed by atoms with Crippen LogP contribution in [0.1, 0.15) is 47.8 Å². The number of pyridine rings is 1. The highest BCUT2D eigenvalue weighted by Gasteiger charge is 2.40. The van der Waals surface area contributed by atoms with Crippen molar-refractivity contribution >= 4 is 23.1 Å². The number of imidazole rings is 1. The van der Waals surface area contributed by atoms with Gasteiger partial charge in [-0.15, -0.1) is 0 Å². The second-order valence-corrected chi connectivity index (χ2v) is 9.33. The van der Waals surface area contributed by atoms with Crippen LogP contribution in [0.25, 0.3) is 5.65 Å². The number of aliphatic hydroxyl groups is 1. The minimum Gasteiger partial charge on any atom is -0.387 e. The van der Waals surface area contributed by atoms with Crippen molar-refractivity contribution in [2.75, 3.05) is 31.6 Å². The first-order valence-corrected chi connectivity index (χ1v) is 11.7. The van der Waals surface area contributed by atoms with Crippen LogP contribution < -0.4 is 10.2 Å². The molecule has 10 heteroatoms. The third-order valence-electron chi connectivity index (χ3n) is 7.00. The van der Waals surface area contributed by atoms with E-state index in [1.165, 1.54) is 24.2 Å². The summed E-state index contributed by atoms with van der Waals surface area (Å²) in [5.41, 5.74) is 0.729. The standard InChI is InChI=1S/C25H27F2N5O3/c1-28-23(33)12-25(35)8-10-30(15-25)24(34)21-13-29-22-7-5-17(14-32(21)22)31-9-2-3-20(31)18-11-16(26)4-6-19(18)27/h4-7,11,13-14,20,35H,2-3,8-10,12,15H2,1H3,(H,28,33)/t20-,25?/m1/s1. The van der Waals surface area contributed by atoms with E-state index in [0.29, 0.717) is 42.8 Å². The number of carbonyl (C=O) groups is 2. The number of hydrogen-bond donors (Lipinski definition) is 2. The fourth-order valence-electron chi connectivity index (χ4n) is 5.19. The molecule has 0 bridgehead atoms. The van der Waals surface area contributed by atoms with Crippen LogP contribution >= 0.6 is 0 Å². The Balaban J connectivity index is 1.42. The first kappa shape index (κ1) is 23.2. The molecule has 1 aromatic carbocycles. The van der Waals surface area contributed by atoms with Gasteiger partial charge < -0.3 is 20.2 Å². The van der Waals surface area contributed by atoms with Gasteiger partial charge in [0.1, 0.15) is 23.0 Å². The van der Waals surface area contributed by atoms with E-state index in [9.17, 15) is 23.5 Å². The molecule has 2 aliphatic heterocycles. The van der Waals surface area contributed by atoms with E-state index in [4.69, 9.17) is 0 Å². The number of β-amino-alcohol motifs (C(OH)–C–C–N with tert-alkyl or cyclic N) is 1. The van der Waals surface area contributed by atoms with Gasteiger partial charge in [0.2, 0.25) is 5.91 Å². The zero-order chi connectivity index (χ0) is 24.7. The van der Waals surface area contributed by atoms with Crippen LogP contribution in [-0.2, 0) is 4.79 Å². The van der Waals surface area contributed by atoms with Gasteiger partial charge in [0.05, 0.1) is 36.5 Å². The maximum Gasteiger partial charge on any atom is 0.272 e. The van der Waals surface area contributed by atoms with Crippen molar-refractivity contribution in [2.45, 2.75) is 37.3 Å². The van der Waals surface area contributed by atoms with Crippen LogP contribution in [0.4, 0.5) is 14.5 Å². The third-order valence-corrected chi connectivity index (χ3v) is 7.00. The molecule has 0 radical (unpaired) electrons. The number of rotatable bonds is 5. The van der Waals surface area contributed by atoms with Crippen LogP contribution in [-0.4, -0.2) is 63.5 Å². The summed E-state index contributed by atoms with van der Waals surface area (Å²) in [6.45, 7) is 1.05. The molecule has 1 unspecified atom stereocenters. The van der Waals surface area contributed by atoms with Crippen molar-refractivity contribution in [1.82, 2.24) is 19.6 Å². The number of halogens is 2. The van der Waals surface area contributed by atoms with E-state index in [2.05, 4.69) is 10.3 Å². The summed E-state index contributed by atoms with van der Waals surface area (Å²) in [5, 5.41) is 13.3. The van der Waals surface area contributed by atoms with E-state index >= 15 is 0 Å². The molecule has 0 saturated carbocycles. The van der Waals surface area contributed by atoms with Gasteiger partial charge in [0.15, 0.2) is 0 Å². The molecule has 2 aliphatic rings. The van der Waals surface area contributed by atoms with Crippen molar-refractivity contribution in [2.24, 2.45) is 0 Å². The van der Waals surface area contributed by atoms with Crippen LogP contribution in [0, 0.1) is 11.6 Å². The number of hydrogen-bond acceptors (Lipinski definition) is 5. The number of anilines is 1. The molecule has 35 heavy (non-hydrogen) atoms. The van der Waals surface area contributed by atoms with Gasteiger partial charge in [-0.3, -0.25) is 14.0 Å². The van der Waals surface area contributed by atoms with Crippen LogP contribution in [0.15, 0.2) is 42.7 Å². The molecule has 0 spiro atoms. The molecule has 184 valence electrons. The number of nitrogens with zero attached hydrogens (tertiary/aromatic N) is 4. The number of amides is 2. The van der Waals surface area contributed by atoms with Crippen molar-refractivity contribution < 1.29 is 23.5 Å². The van der Waals surface area contributed by atoms with Gasteiger partial charge in [-0.2, -0.15) is 0 Å². The summed E-state index contributed by atoms with van der Waals surface area (Å²) >= 11 is 0. The predicted molar refractivity (Wildman–Crippen MR) is 125 cm³/mol. The van der Waals surface area contributed by atoms with Gasteiger partial charge in [-0.25, -0.2) is 13.8 Å². The molecular weight excluding hydrogens is 456 g/mol. The maximum atomic E-state index is 14.5. The van der Waals surface area contributed by atoms with Crippen molar-refractivity contribution in [1.29, 1.82) is 0 Å². The summed E-state index contributed by atoms with van der Waals surface area (Å²) in [4.78, 5) is 32.9. The summed E-state index contributed by atoms with van der Waals surface area (Å²) in [6.07, 6.45) is 5.03. The third kappa shape index (κ3) is 4.34. The Morgan fingerprint density at radius 3 is 2.86 bits per heavy atom. The van der Waals surface area contributed by atoms with Crippen molar-refractivity contribution in [3.63, 3.8) is 0 Å². The second-order valence-electron chi connectivity index (χ2n) is 9.33. The largest absolute Gasteiger partial charge is 0.387 e. The van der Waals surface area contributed by atoms with E-state index < -0.39 is 17.2 Å². The van der Waals surface area contributed by atoms with Crippen molar-refractivity contribution in [3.8, 4) is 0 Å². The smallest absolute Gasteiger partial charge is 0.272 e. The lowest BCUT2D eigenvalue weighted by Gasteiger charge is -2.27. The number of benzene rings is 1. The second kappa shape index (κ2) is 8.92. The lowest BCUT2D eigenvalue weighted by Crippen LogP contribution is -2.40. The van der Waals surface area contributed by atoms with E-state index in [1.807, 2.05) is 11.0 Å². The summed E-state index contributed by atoms with van der Waals surface area (Å²) in [7, 11) is 1.51. The normalized spacial score (nSPS) is 22.2. The Morgan fingerprint density at radius 2 is 2.06 bits per heavy atom. The van der Waals surface area contributed by atoms with Gasteiger partial charge in [-0.1, -0.05) is 0 Å². The molecule has 2 amide bonds. The predicted octanol–water partition coefficient (Wildman–Crippen LogP) is 2.67. The molecule has 2 fully saturated rings. The average Bonchev–Trinajstić information content (AvgIpc) is 3.58. The summed E-state index contributed by atoms with van der Waals surface area (Å²) in [6, 6.07) is 6.85. The molecule has 2 atom stereocenters. The zero-order valence-corrected chi connectivity index (χ0v) is 19.4. The summed E-state index contributed by atoms with van der Waals surface area (Å²) in [5.74, 6) is -1.50. The molecular formula is C25H27F2N5O3. The lowest BCUT2D eigenvalue weighted by atomic mass is 9.98. The highest BCUT2D eigenvalue weighted by Crippen LogP contribution is 2.37. The quantitative estimate of drug-likeness (QED) is 0.583. The maximum absolute atomic E-state index is 14.5. The molecule has 2 saturated heterocycles. The topological polar surface area (TPSA) is 90.2 Å². The Labute approximate surface area is 201 Å². The average molecular weight is 484 g/mol. The van der Waals surface area contributed by atoms with E-state index in [1.54, 1.807) is 16.7 Å². The molecule has 8 nitrogen and oxygen atoms in total. The highest BCUT2D eigenvalue weighted by molar-refractivity contribution is 5.94. The number of carbonyl (C=O) groups excluding carboxylic acids is 2. The lowest BCUT2D eigenvalue weighted by molar-refractivity contribution is -0.125. The van der Waals surface area contributed by atoms with Gasteiger partial charge in [-0.05, 0) is 49.6 Å². The number of fused-ring (bicyclic) bond motifs is 1. The minimum absolute atomic E-state index is 0.0548. The van der Waals surface area contributed by atoms with Crippen LogP contribution in [0.5, 0.6) is 0 Å². The minimum atomic E-state index is -1.26. The molecule has 4 heterocycles. The van der Waals surface area contributed by atoms with E-state index in [0.717, 1.165) is 24.2 Å². The van der Waals surface area contributed by atoms with E-state index in [-0.39, 0.29) is 30.8 Å². The molecule has 0 aliphatic carbocycles. The molecule has 5 rings (SSSR count). The molecule has 2 N–H and O–H groups in total. The van der Waals surface area contributed by atoms with Gasteiger partial charge in [0, 0.05) is 31.9 Å². The zero-order valence-electron chi connectivity index (χ0n) is 19.4. The number of aromatic nitrogens is 2. The van der Waals surface area contributed by atoms with Gasteiger partial charge in [0.25, 0.3) is 5.91 Å². The first-order chi connectivity index (χ1) is 16.8. The molecule has 2 aromatic heterocycles. The SMILES string of the molecule is CNC(=O)CC1(O)CCN(C(=O)c2cnc3ccc(N4CCC[C@@H]4c4cc(F)ccc4F)cn23)C1. The van der Waals surface area contributed by atoms with Gasteiger partial charge >= 0.3 is 0 Å². The highest BCUT2D eigenvalue weighted by atomic mass is 19.1. The Hall–Kier alpha value is -3.53. The van der Waals surface area contributed by atoms with Crippen LogP contribution in [0.2, 0.25) is 0 Å². The summed E-state index contributed by atoms with van der Waals surface area (Å²) < 4.78 is 30.1. The fraction of sp³-hybridized carbons (Fsp3) is 0.400. The monoisotopic (exact) mass is 483 g/mol. The number of nitrogens with one attached hydrogen (secondary N) is 1. The Kier molecular flexibility index (Phi) is 5.92. The molecule has 3 aromatic rings. The fourth-order valence-corrected chi connectivity index (χ4v) is 5.19. The Morgan fingerprint density at radius 1 is 1.23 bits per heavy atom. The number of likely N-dealkylation sites (tertiary alicyclic amines) is 1. The van der Waals surface area contributed by atoms with Crippen LogP contribution in [0.3, 0.4) is 0 Å². The Bertz CT molecular complexity index is 1300. The van der Waals surface area contributed by atoms with Crippen molar-refractivity contribution in [3.05, 3.63) is 65.6 Å². The first-order valence-electron chi connectivity index (χ1n) is 11.7.